The normalized spacial score (nSPS) is 23.2. The topological polar surface area (TPSA) is 75.6 Å². The molecule has 1 saturated heterocycles. The molecule has 1 heterocycles. The second-order valence-electron chi connectivity index (χ2n) is 5.13. The van der Waals surface area contributed by atoms with Crippen LogP contribution in [0.15, 0.2) is 30.3 Å². The Balaban J connectivity index is 1.81. The summed E-state index contributed by atoms with van der Waals surface area (Å²) < 4.78 is 5.22. The van der Waals surface area contributed by atoms with E-state index >= 15 is 0 Å². The molecule has 5 nitrogen and oxygen atoms in total. The Morgan fingerprint density at radius 2 is 1.95 bits per heavy atom. The van der Waals surface area contributed by atoms with Crippen LogP contribution >= 0.6 is 0 Å². The van der Waals surface area contributed by atoms with Crippen molar-refractivity contribution in [2.75, 3.05) is 0 Å². The number of carbonyl (C=O) groups excluding carboxylic acids is 1. The molecule has 1 aliphatic heterocycles. The van der Waals surface area contributed by atoms with Crippen LogP contribution in [0.4, 0.5) is 0 Å². The molecule has 1 aromatic carbocycles. The van der Waals surface area contributed by atoms with Crippen LogP contribution < -0.4 is 5.32 Å². The van der Waals surface area contributed by atoms with E-state index in [1.54, 1.807) is 0 Å². The predicted molar refractivity (Wildman–Crippen MR) is 73.3 cm³/mol. The molecule has 0 bridgehead atoms. The fraction of sp³-hybridized carbons (Fsp3) is 0.467. The molecule has 3 atom stereocenters. The summed E-state index contributed by atoms with van der Waals surface area (Å²) in [6.45, 7) is 1.93. The van der Waals surface area contributed by atoms with Crippen LogP contribution in [0.1, 0.15) is 25.3 Å². The minimum atomic E-state index is -1.00. The zero-order valence-corrected chi connectivity index (χ0v) is 11.4. The second kappa shape index (κ2) is 6.52. The summed E-state index contributed by atoms with van der Waals surface area (Å²) in [7, 11) is 0. The van der Waals surface area contributed by atoms with Crippen molar-refractivity contribution in [2.24, 2.45) is 0 Å². The van der Waals surface area contributed by atoms with Gasteiger partial charge < -0.3 is 15.2 Å². The highest BCUT2D eigenvalue weighted by Gasteiger charge is 2.34. The van der Waals surface area contributed by atoms with Crippen LogP contribution in [0.25, 0.3) is 0 Å². The first-order valence-electron chi connectivity index (χ1n) is 6.79. The molecule has 1 amide bonds. The summed E-state index contributed by atoms with van der Waals surface area (Å²) in [5.74, 6) is -1.23. The minimum Gasteiger partial charge on any atom is -0.479 e. The molecule has 20 heavy (non-hydrogen) atoms. The van der Waals surface area contributed by atoms with Gasteiger partial charge in [0.1, 0.15) is 6.10 Å². The van der Waals surface area contributed by atoms with Crippen molar-refractivity contribution in [1.29, 1.82) is 0 Å². The molecule has 2 N–H and O–H groups in total. The molecule has 2 rings (SSSR count). The molecule has 108 valence electrons. The number of carboxylic acid groups (broad SMARTS) is 1. The Kier molecular flexibility index (Phi) is 4.74. The maximum atomic E-state index is 12.0. The summed E-state index contributed by atoms with van der Waals surface area (Å²) in [5, 5.41) is 11.7. The Morgan fingerprint density at radius 1 is 1.30 bits per heavy atom. The van der Waals surface area contributed by atoms with Crippen molar-refractivity contribution >= 4 is 11.9 Å². The maximum absolute atomic E-state index is 12.0. The number of aliphatic carboxylic acids is 1. The van der Waals surface area contributed by atoms with Crippen molar-refractivity contribution < 1.29 is 19.4 Å². The third-order valence-electron chi connectivity index (χ3n) is 3.36. The van der Waals surface area contributed by atoms with Crippen LogP contribution in [-0.2, 0) is 20.7 Å². The zero-order chi connectivity index (χ0) is 14.5. The number of carboxylic acids is 1. The fourth-order valence-corrected chi connectivity index (χ4v) is 2.37. The van der Waals surface area contributed by atoms with Gasteiger partial charge in [-0.15, -0.1) is 0 Å². The molecule has 0 radical (unpaired) electrons. The van der Waals surface area contributed by atoms with Crippen LogP contribution in [0.2, 0.25) is 0 Å². The summed E-state index contributed by atoms with van der Waals surface area (Å²) in [6, 6.07) is 9.87. The smallest absolute Gasteiger partial charge is 0.332 e. The first kappa shape index (κ1) is 14.5. The lowest BCUT2D eigenvalue weighted by Gasteiger charge is -2.17. The van der Waals surface area contributed by atoms with Gasteiger partial charge in [0.25, 0.3) is 0 Å². The number of hydrogen-bond donors (Lipinski definition) is 2. The number of rotatable bonds is 5. The third kappa shape index (κ3) is 3.81. The number of carbonyl (C=O) groups is 2. The second-order valence-corrected chi connectivity index (χ2v) is 5.13. The SMILES string of the molecule is CC(Cc1ccccc1)NC(=O)[C@@H]1CC[C@H](C(=O)O)O1. The zero-order valence-electron chi connectivity index (χ0n) is 11.4. The Hall–Kier alpha value is -1.88. The number of nitrogens with one attached hydrogen (secondary N) is 1. The van der Waals surface area contributed by atoms with Gasteiger partial charge >= 0.3 is 5.97 Å². The predicted octanol–water partition coefficient (Wildman–Crippen LogP) is 1.37. The molecule has 1 aliphatic rings. The maximum Gasteiger partial charge on any atom is 0.332 e. The number of benzene rings is 1. The van der Waals surface area contributed by atoms with E-state index in [-0.39, 0.29) is 11.9 Å². The molecule has 5 heteroatoms. The monoisotopic (exact) mass is 277 g/mol. The third-order valence-corrected chi connectivity index (χ3v) is 3.36. The van der Waals surface area contributed by atoms with E-state index in [1.807, 2.05) is 37.3 Å². The van der Waals surface area contributed by atoms with Gasteiger partial charge in [-0.3, -0.25) is 4.79 Å². The lowest BCUT2D eigenvalue weighted by molar-refractivity contribution is -0.151. The van der Waals surface area contributed by atoms with E-state index < -0.39 is 18.2 Å². The molecular formula is C15H19NO4. The first-order chi connectivity index (χ1) is 9.56. The molecular weight excluding hydrogens is 258 g/mol. The highest BCUT2D eigenvalue weighted by atomic mass is 16.5. The minimum absolute atomic E-state index is 0.0163. The highest BCUT2D eigenvalue weighted by Crippen LogP contribution is 2.20. The standard InChI is InChI=1S/C15H19NO4/c1-10(9-11-5-3-2-4-6-11)16-14(17)12-7-8-13(20-12)15(18)19/h2-6,10,12-13H,7-9H2,1H3,(H,16,17)(H,18,19)/t10?,12-,13+/m0/s1. The molecule has 1 fully saturated rings. The number of amides is 1. The molecule has 1 unspecified atom stereocenters. The van der Waals surface area contributed by atoms with Gasteiger partial charge in [0.15, 0.2) is 6.10 Å². The van der Waals surface area contributed by atoms with Crippen LogP contribution in [0.3, 0.4) is 0 Å². The van der Waals surface area contributed by atoms with E-state index in [0.717, 1.165) is 12.0 Å². The van der Waals surface area contributed by atoms with Crippen LogP contribution in [-0.4, -0.2) is 35.2 Å². The average molecular weight is 277 g/mol. The molecule has 0 aromatic heterocycles. The summed E-state index contributed by atoms with van der Waals surface area (Å²) >= 11 is 0. The van der Waals surface area contributed by atoms with Gasteiger partial charge in [0.2, 0.25) is 5.91 Å². The summed E-state index contributed by atoms with van der Waals surface area (Å²) in [4.78, 5) is 22.8. The Morgan fingerprint density at radius 3 is 2.55 bits per heavy atom. The fourth-order valence-electron chi connectivity index (χ4n) is 2.37. The van der Waals surface area contributed by atoms with Crippen molar-refractivity contribution in [1.82, 2.24) is 5.32 Å². The molecule has 0 saturated carbocycles. The van der Waals surface area contributed by atoms with Gasteiger partial charge in [0, 0.05) is 6.04 Å². The number of hydrogen-bond acceptors (Lipinski definition) is 3. The van der Waals surface area contributed by atoms with Gasteiger partial charge in [-0.2, -0.15) is 0 Å². The van der Waals surface area contributed by atoms with E-state index in [0.29, 0.717) is 12.8 Å². The van der Waals surface area contributed by atoms with Gasteiger partial charge in [0.05, 0.1) is 0 Å². The van der Waals surface area contributed by atoms with Crippen molar-refractivity contribution in [3.8, 4) is 0 Å². The summed E-state index contributed by atoms with van der Waals surface area (Å²) in [5.41, 5.74) is 1.15. The van der Waals surface area contributed by atoms with E-state index in [4.69, 9.17) is 9.84 Å². The largest absolute Gasteiger partial charge is 0.479 e. The number of ether oxygens (including phenoxy) is 1. The Bertz CT molecular complexity index is 474. The quantitative estimate of drug-likeness (QED) is 0.852. The lowest BCUT2D eigenvalue weighted by Crippen LogP contribution is -2.41. The lowest BCUT2D eigenvalue weighted by atomic mass is 10.1. The van der Waals surface area contributed by atoms with Gasteiger partial charge in [-0.25, -0.2) is 4.79 Å². The molecule has 1 aromatic rings. The average Bonchev–Trinajstić information content (AvgIpc) is 2.89. The first-order valence-corrected chi connectivity index (χ1v) is 6.79. The van der Waals surface area contributed by atoms with Gasteiger partial charge in [-0.05, 0) is 31.7 Å². The van der Waals surface area contributed by atoms with Gasteiger partial charge in [-0.1, -0.05) is 30.3 Å². The molecule has 0 aliphatic carbocycles. The Labute approximate surface area is 117 Å². The van der Waals surface area contributed by atoms with Crippen molar-refractivity contribution in [2.45, 2.75) is 44.4 Å². The van der Waals surface area contributed by atoms with E-state index in [1.165, 1.54) is 0 Å². The molecule has 0 spiro atoms. The van der Waals surface area contributed by atoms with E-state index in [2.05, 4.69) is 5.32 Å². The van der Waals surface area contributed by atoms with Crippen LogP contribution in [0, 0.1) is 0 Å². The van der Waals surface area contributed by atoms with E-state index in [9.17, 15) is 9.59 Å². The summed E-state index contributed by atoms with van der Waals surface area (Å²) in [6.07, 6.45) is 0.0905. The van der Waals surface area contributed by atoms with Crippen molar-refractivity contribution in [3.63, 3.8) is 0 Å². The highest BCUT2D eigenvalue weighted by molar-refractivity contribution is 5.82. The van der Waals surface area contributed by atoms with Crippen molar-refractivity contribution in [3.05, 3.63) is 35.9 Å². The van der Waals surface area contributed by atoms with Crippen LogP contribution in [0.5, 0.6) is 0 Å².